The van der Waals surface area contributed by atoms with Crippen LogP contribution in [0.3, 0.4) is 0 Å². The van der Waals surface area contributed by atoms with Crippen LogP contribution in [0.2, 0.25) is 0 Å². The molecule has 0 amide bonds. The largest absolute Gasteiger partial charge is 0.513 e. The first kappa shape index (κ1) is 36.9. The van der Waals surface area contributed by atoms with Crippen molar-refractivity contribution in [3.63, 3.8) is 0 Å². The molecular formula is C4F12N4O8S10. The lowest BCUT2D eigenvalue weighted by atomic mass is 11.6. The molecule has 1 aliphatic rings. The van der Waals surface area contributed by atoms with E-state index in [9.17, 15) is 86.4 Å². The van der Waals surface area contributed by atoms with Gasteiger partial charge < -0.3 is 0 Å². The smallest absolute Gasteiger partial charge is 0.201 e. The minimum atomic E-state index is -7.06. The lowest BCUT2D eigenvalue weighted by Gasteiger charge is -2.31. The van der Waals surface area contributed by atoms with E-state index in [4.69, 9.17) is 0 Å². The second kappa shape index (κ2) is 11.5. The molecule has 0 aromatic rings. The van der Waals surface area contributed by atoms with Crippen molar-refractivity contribution in [1.82, 2.24) is 12.5 Å². The van der Waals surface area contributed by atoms with Gasteiger partial charge in [0.1, 0.15) is 0 Å². The Morgan fingerprint density at radius 2 is 0.474 bits per heavy atom. The maximum Gasteiger partial charge on any atom is 0.513 e. The van der Waals surface area contributed by atoms with Crippen molar-refractivity contribution in [2.75, 3.05) is 0 Å². The van der Waals surface area contributed by atoms with Crippen LogP contribution in [0.15, 0.2) is 0 Å². The lowest BCUT2D eigenvalue weighted by molar-refractivity contribution is -0.0465. The summed E-state index contributed by atoms with van der Waals surface area (Å²) < 4.78 is 243. The molecule has 0 aliphatic carbocycles. The Labute approximate surface area is 228 Å². The Morgan fingerprint density at radius 3 is 0.579 bits per heavy atom. The SMILES string of the molecule is O=S(=O)(N1SSN(S(=O)(=O)C(F)(F)F)SN(S(=O)(=O)C(F)(F)F)SSN(S(=O)(=O)C(F)(F)F)S1)C(F)(F)F. The summed E-state index contributed by atoms with van der Waals surface area (Å²) in [5.74, 6) is 0. The third-order valence-corrected chi connectivity index (χ3v) is 20.1. The summed E-state index contributed by atoms with van der Waals surface area (Å²) in [7, 11) is -33.9. The van der Waals surface area contributed by atoms with Crippen LogP contribution < -0.4 is 0 Å². The number of sulfonamides is 4. The zero-order chi connectivity index (χ0) is 30.6. The number of alkyl halides is 12. The van der Waals surface area contributed by atoms with Gasteiger partial charge >= 0.3 is 62.1 Å². The number of rotatable bonds is 4. The molecule has 34 heteroatoms. The third-order valence-electron chi connectivity index (χ3n) is 2.53. The van der Waals surface area contributed by atoms with E-state index in [0.29, 0.717) is 0 Å². The molecule has 0 radical (unpaired) electrons. The van der Waals surface area contributed by atoms with Crippen molar-refractivity contribution in [2.45, 2.75) is 22.0 Å². The predicted molar refractivity (Wildman–Crippen MR) is 113 cm³/mol. The van der Waals surface area contributed by atoms with Crippen molar-refractivity contribution < 1.29 is 86.4 Å². The Hall–Kier alpha value is 0.900. The highest BCUT2D eigenvalue weighted by atomic mass is 33.1. The first-order valence-corrected chi connectivity index (χ1v) is 18.3. The molecule has 0 spiro atoms. The summed E-state index contributed by atoms with van der Waals surface area (Å²) in [6.07, 6.45) is 0. The Morgan fingerprint density at radius 1 is 0.342 bits per heavy atom. The third kappa shape index (κ3) is 7.64. The van der Waals surface area contributed by atoms with Gasteiger partial charge in [0.05, 0.1) is 24.3 Å². The fraction of sp³-hybridized carbons (Fsp3) is 1.00. The van der Waals surface area contributed by atoms with Crippen molar-refractivity contribution in [3.8, 4) is 0 Å². The first-order chi connectivity index (χ1) is 16.4. The van der Waals surface area contributed by atoms with E-state index in [1.165, 1.54) is 0 Å². The first-order valence-electron chi connectivity index (χ1n) is 6.94. The van der Waals surface area contributed by atoms with Gasteiger partial charge in [-0.2, -0.15) is 52.7 Å². The second-order valence-electron chi connectivity index (χ2n) is 5.04. The van der Waals surface area contributed by atoms with Gasteiger partial charge in [-0.3, -0.25) is 0 Å². The molecule has 0 aromatic carbocycles. The zero-order valence-electron chi connectivity index (χ0n) is 15.7. The quantitative estimate of drug-likeness (QED) is 0.228. The van der Waals surface area contributed by atoms with Crippen LogP contribution in [0.4, 0.5) is 52.7 Å². The van der Waals surface area contributed by atoms with Crippen LogP contribution >= 0.6 is 68.2 Å². The molecule has 0 unspecified atom stereocenters. The van der Waals surface area contributed by atoms with Gasteiger partial charge in [0.15, 0.2) is 0 Å². The number of halogens is 12. The van der Waals surface area contributed by atoms with Crippen LogP contribution in [-0.2, 0) is 40.1 Å². The average Bonchev–Trinajstić information content (AvgIpc) is 2.66. The number of hydrogen-bond acceptors (Lipinski definition) is 14. The average molecular weight is 781 g/mol. The molecule has 0 bridgehead atoms. The predicted octanol–water partition coefficient (Wildman–Crippen LogP) is 4.16. The van der Waals surface area contributed by atoms with Crippen molar-refractivity contribution in [2.24, 2.45) is 0 Å². The van der Waals surface area contributed by atoms with Crippen LogP contribution in [0, 0.1) is 0 Å². The molecule has 1 heterocycles. The van der Waals surface area contributed by atoms with E-state index >= 15 is 0 Å². The molecule has 1 rings (SSSR count). The summed E-state index contributed by atoms with van der Waals surface area (Å²) in [6, 6.07) is 0. The summed E-state index contributed by atoms with van der Waals surface area (Å²) in [4.78, 5) is 0. The van der Waals surface area contributed by atoms with Crippen LogP contribution in [-0.4, -0.2) is 68.2 Å². The Balaban J connectivity index is 3.89. The summed E-state index contributed by atoms with van der Waals surface area (Å²) in [6.45, 7) is 0. The second-order valence-corrected chi connectivity index (χ2v) is 20.6. The molecular weight excluding hydrogens is 781 g/mol. The summed E-state index contributed by atoms with van der Waals surface area (Å²) in [5.41, 5.74) is -26.1. The molecule has 0 aromatic heterocycles. The monoisotopic (exact) mass is 780 g/mol. The van der Waals surface area contributed by atoms with Gasteiger partial charge in [-0.15, -0.1) is 0 Å². The molecule has 228 valence electrons. The molecule has 1 fully saturated rings. The standard InChI is InChI=1S/C4F12N4O8S10/c5-1(6,7)35(21,22)17-29-18(36(23,24)2(8,9)10)33-34-20(38(27,28)4(14,15)16)30-19(32-31-17)37(25,26)3(11,12)13. The molecule has 0 saturated carbocycles. The van der Waals surface area contributed by atoms with Crippen molar-refractivity contribution >= 4 is 108 Å². The number of nitrogens with zero attached hydrogens (tertiary/aromatic N) is 4. The van der Waals surface area contributed by atoms with E-state index in [1.807, 2.05) is 0 Å². The molecule has 12 nitrogen and oxygen atoms in total. The number of hydrogen-bond donors (Lipinski definition) is 0. The van der Waals surface area contributed by atoms with Crippen LogP contribution in [0.5, 0.6) is 0 Å². The minimum Gasteiger partial charge on any atom is -0.201 e. The van der Waals surface area contributed by atoms with Crippen molar-refractivity contribution in [1.29, 1.82) is 0 Å². The molecule has 0 atom stereocenters. The van der Waals surface area contributed by atoms with Gasteiger partial charge in [0.2, 0.25) is 0 Å². The fourth-order valence-electron chi connectivity index (χ4n) is 0.946. The van der Waals surface area contributed by atoms with E-state index < -0.39 is 143 Å². The van der Waals surface area contributed by atoms with E-state index in [0.717, 1.165) is 0 Å². The molecule has 38 heavy (non-hydrogen) atoms. The van der Waals surface area contributed by atoms with Crippen molar-refractivity contribution in [3.05, 3.63) is 0 Å². The molecule has 0 N–H and O–H groups in total. The highest BCUT2D eigenvalue weighted by molar-refractivity contribution is 8.82. The normalized spacial score (nSPS) is 20.9. The highest BCUT2D eigenvalue weighted by Crippen LogP contribution is 2.57. The van der Waals surface area contributed by atoms with E-state index in [-0.39, 0.29) is 0 Å². The molecule has 1 saturated heterocycles. The Bertz CT molecular complexity index is 1100. The van der Waals surface area contributed by atoms with Gasteiger partial charge in [0.25, 0.3) is 0 Å². The van der Waals surface area contributed by atoms with Gasteiger partial charge in [-0.1, -0.05) is 12.5 Å². The summed E-state index contributed by atoms with van der Waals surface area (Å²) in [5, 5.41) is 0. The fourth-order valence-corrected chi connectivity index (χ4v) is 16.3. The highest BCUT2D eigenvalue weighted by Gasteiger charge is 2.60. The zero-order valence-corrected chi connectivity index (χ0v) is 23.8. The Kier molecular flexibility index (Phi) is 11.2. The van der Waals surface area contributed by atoms with Gasteiger partial charge in [0, 0.05) is 43.9 Å². The minimum absolute atomic E-state index is 1.41. The van der Waals surface area contributed by atoms with Gasteiger partial charge in [-0.25, -0.2) is 33.7 Å². The van der Waals surface area contributed by atoms with E-state index in [2.05, 4.69) is 0 Å². The van der Waals surface area contributed by atoms with Crippen LogP contribution in [0.25, 0.3) is 0 Å². The lowest BCUT2D eigenvalue weighted by Crippen LogP contribution is -2.41. The topological polar surface area (TPSA) is 150 Å². The molecule has 1 aliphatic heterocycles. The maximum atomic E-state index is 13.0. The maximum absolute atomic E-state index is 13.0. The van der Waals surface area contributed by atoms with Gasteiger partial charge in [-0.05, 0) is 0 Å². The summed E-state index contributed by atoms with van der Waals surface area (Å²) >= 11 is -3.37. The van der Waals surface area contributed by atoms with Crippen LogP contribution in [0.1, 0.15) is 0 Å². The van der Waals surface area contributed by atoms with E-state index in [1.54, 1.807) is 0 Å².